The Hall–Kier alpha value is -2.27. The van der Waals surface area contributed by atoms with E-state index in [0.717, 1.165) is 16.7 Å². The smallest absolute Gasteiger partial charge is 0.407 e. The van der Waals surface area contributed by atoms with E-state index in [2.05, 4.69) is 5.32 Å². The van der Waals surface area contributed by atoms with Crippen molar-refractivity contribution in [1.82, 2.24) is 5.32 Å². The molecule has 0 radical (unpaired) electrons. The minimum atomic E-state index is -0.657. The molecule has 24 heavy (non-hydrogen) atoms. The summed E-state index contributed by atoms with van der Waals surface area (Å²) in [4.78, 5) is 24.1. The predicted molar refractivity (Wildman–Crippen MR) is 96.0 cm³/mol. The van der Waals surface area contributed by atoms with Crippen molar-refractivity contribution >= 4 is 24.1 Å². The molecular weight excluding hydrogens is 322 g/mol. The van der Waals surface area contributed by atoms with Gasteiger partial charge in [0.2, 0.25) is 0 Å². The van der Waals surface area contributed by atoms with Gasteiger partial charge >= 0.3 is 6.09 Å². The van der Waals surface area contributed by atoms with E-state index in [0.29, 0.717) is 5.75 Å². The van der Waals surface area contributed by atoms with E-state index in [1.54, 1.807) is 11.8 Å². The maximum absolute atomic E-state index is 12.1. The summed E-state index contributed by atoms with van der Waals surface area (Å²) in [6.07, 6.45) is 0.535. The molecule has 0 aliphatic heterocycles. The highest BCUT2D eigenvalue weighted by Crippen LogP contribution is 2.24. The van der Waals surface area contributed by atoms with Crippen LogP contribution in [0.4, 0.5) is 4.79 Å². The fourth-order valence-electron chi connectivity index (χ4n) is 2.09. The van der Waals surface area contributed by atoms with Gasteiger partial charge in [-0.3, -0.25) is 0 Å². The van der Waals surface area contributed by atoms with Crippen LogP contribution in [0.3, 0.4) is 0 Å². The Balaban J connectivity index is 1.88. The Morgan fingerprint density at radius 1 is 1.12 bits per heavy atom. The Bertz CT molecular complexity index is 648. The molecule has 2 aromatic carbocycles. The second-order valence-corrected chi connectivity index (χ2v) is 6.77. The number of benzene rings is 2. The van der Waals surface area contributed by atoms with Gasteiger partial charge < -0.3 is 14.8 Å². The van der Waals surface area contributed by atoms with Gasteiger partial charge in [0.15, 0.2) is 0 Å². The fraction of sp³-hybridized carbons (Fsp3) is 0.263. The molecule has 0 saturated heterocycles. The molecule has 1 atom stereocenters. The average molecular weight is 343 g/mol. The monoisotopic (exact) mass is 343 g/mol. The van der Waals surface area contributed by atoms with E-state index in [4.69, 9.17) is 4.74 Å². The predicted octanol–water partition coefficient (Wildman–Crippen LogP) is 4.05. The lowest BCUT2D eigenvalue weighted by Gasteiger charge is -2.28. The Labute approximate surface area is 146 Å². The van der Waals surface area contributed by atoms with Crippen molar-refractivity contribution < 1.29 is 14.3 Å². The molecule has 1 amide bonds. The third-order valence-electron chi connectivity index (χ3n) is 3.45. The summed E-state index contributed by atoms with van der Waals surface area (Å²) in [5.74, 6) is 0.580. The topological polar surface area (TPSA) is 55.4 Å². The van der Waals surface area contributed by atoms with Crippen molar-refractivity contribution in [1.29, 1.82) is 0 Å². The van der Waals surface area contributed by atoms with Crippen LogP contribution in [0.15, 0.2) is 65.6 Å². The lowest BCUT2D eigenvalue weighted by atomic mass is 10.0. The summed E-state index contributed by atoms with van der Waals surface area (Å²) >= 11 is 1.59. The molecule has 2 rings (SSSR count). The number of carbonyl (C=O) groups excluding carboxylic acids is 2. The van der Waals surface area contributed by atoms with Gasteiger partial charge in [0, 0.05) is 17.1 Å². The molecule has 0 fully saturated rings. The highest BCUT2D eigenvalue weighted by atomic mass is 32.2. The molecule has 0 aromatic heterocycles. The first-order valence-corrected chi connectivity index (χ1v) is 8.70. The number of hydrogen-bond acceptors (Lipinski definition) is 4. The van der Waals surface area contributed by atoms with E-state index in [9.17, 15) is 9.59 Å². The maximum atomic E-state index is 12.1. The van der Waals surface area contributed by atoms with Crippen molar-refractivity contribution in [3.8, 4) is 0 Å². The van der Waals surface area contributed by atoms with Crippen LogP contribution in [0.1, 0.15) is 18.9 Å². The van der Waals surface area contributed by atoms with Crippen LogP contribution in [0, 0.1) is 0 Å². The first kappa shape index (κ1) is 18.1. The first-order valence-electron chi connectivity index (χ1n) is 7.72. The third kappa shape index (κ3) is 6.08. The lowest BCUT2D eigenvalue weighted by molar-refractivity contribution is -0.108. The number of amides is 1. The SMILES string of the molecule is C[C@](CC=O)(CSc1ccccc1)NC(=O)OCc1ccccc1. The number of hydrogen-bond donors (Lipinski definition) is 1. The van der Waals surface area contributed by atoms with E-state index in [-0.39, 0.29) is 13.0 Å². The number of nitrogens with one attached hydrogen (secondary N) is 1. The van der Waals surface area contributed by atoms with E-state index in [1.807, 2.05) is 67.6 Å². The Morgan fingerprint density at radius 2 is 1.75 bits per heavy atom. The van der Waals surface area contributed by atoms with Gasteiger partial charge in [0.1, 0.15) is 12.9 Å². The molecule has 1 N–H and O–H groups in total. The van der Waals surface area contributed by atoms with Gasteiger partial charge in [-0.25, -0.2) is 4.79 Å². The molecule has 126 valence electrons. The number of aldehydes is 1. The third-order valence-corrected chi connectivity index (χ3v) is 4.84. The van der Waals surface area contributed by atoms with Gasteiger partial charge in [-0.15, -0.1) is 11.8 Å². The number of rotatable bonds is 8. The van der Waals surface area contributed by atoms with Crippen LogP contribution in [0.25, 0.3) is 0 Å². The fourth-order valence-corrected chi connectivity index (χ4v) is 3.12. The Kier molecular flexibility index (Phi) is 6.88. The molecule has 0 saturated carbocycles. The highest BCUT2D eigenvalue weighted by Gasteiger charge is 2.27. The number of alkyl carbamates (subject to hydrolysis) is 1. The molecule has 2 aromatic rings. The number of thioether (sulfide) groups is 1. The summed E-state index contributed by atoms with van der Waals surface area (Å²) in [7, 11) is 0. The van der Waals surface area contributed by atoms with E-state index in [1.165, 1.54) is 0 Å². The van der Waals surface area contributed by atoms with Crippen molar-refractivity contribution in [2.45, 2.75) is 30.4 Å². The summed E-state index contributed by atoms with van der Waals surface area (Å²) in [6, 6.07) is 19.3. The average Bonchev–Trinajstić information content (AvgIpc) is 2.60. The van der Waals surface area contributed by atoms with Crippen LogP contribution in [-0.4, -0.2) is 23.7 Å². The van der Waals surface area contributed by atoms with Crippen molar-refractivity contribution in [3.63, 3.8) is 0 Å². The molecule has 0 aliphatic carbocycles. The van der Waals surface area contributed by atoms with Crippen molar-refractivity contribution in [3.05, 3.63) is 66.2 Å². The molecule has 0 unspecified atom stereocenters. The summed E-state index contributed by atoms with van der Waals surface area (Å²) < 4.78 is 5.25. The normalized spacial score (nSPS) is 12.9. The highest BCUT2D eigenvalue weighted by molar-refractivity contribution is 7.99. The quantitative estimate of drug-likeness (QED) is 0.580. The lowest BCUT2D eigenvalue weighted by Crippen LogP contribution is -2.48. The zero-order valence-corrected chi connectivity index (χ0v) is 14.4. The number of ether oxygens (including phenoxy) is 1. The van der Waals surface area contributed by atoms with Crippen molar-refractivity contribution in [2.24, 2.45) is 0 Å². The minimum Gasteiger partial charge on any atom is -0.445 e. The zero-order valence-electron chi connectivity index (χ0n) is 13.6. The van der Waals surface area contributed by atoms with Crippen LogP contribution in [-0.2, 0) is 16.1 Å². The maximum Gasteiger partial charge on any atom is 0.407 e. The standard InChI is InChI=1S/C19H21NO3S/c1-19(12-13-21,15-24-17-10-6-3-7-11-17)20-18(22)23-14-16-8-4-2-5-9-16/h2-11,13H,12,14-15H2,1H3,(H,20,22)/t19-/m0/s1. The number of carbonyl (C=O) groups is 2. The summed E-state index contributed by atoms with van der Waals surface area (Å²) in [5, 5.41) is 2.82. The van der Waals surface area contributed by atoms with Gasteiger partial charge in [-0.05, 0) is 24.6 Å². The van der Waals surface area contributed by atoms with Gasteiger partial charge in [-0.2, -0.15) is 0 Å². The van der Waals surface area contributed by atoms with Crippen LogP contribution in [0.5, 0.6) is 0 Å². The van der Waals surface area contributed by atoms with Crippen LogP contribution >= 0.6 is 11.8 Å². The molecule has 0 spiro atoms. The van der Waals surface area contributed by atoms with Crippen LogP contribution in [0.2, 0.25) is 0 Å². The molecule has 4 nitrogen and oxygen atoms in total. The van der Waals surface area contributed by atoms with Crippen molar-refractivity contribution in [2.75, 3.05) is 5.75 Å². The molecule has 0 heterocycles. The molecule has 0 bridgehead atoms. The molecular formula is C19H21NO3S. The first-order chi connectivity index (χ1) is 11.6. The van der Waals surface area contributed by atoms with Gasteiger partial charge in [-0.1, -0.05) is 48.5 Å². The summed E-state index contributed by atoms with van der Waals surface area (Å²) in [6.45, 7) is 2.05. The van der Waals surface area contributed by atoms with E-state index >= 15 is 0 Å². The zero-order chi connectivity index (χ0) is 17.3. The minimum absolute atomic E-state index is 0.204. The Morgan fingerprint density at radius 3 is 2.38 bits per heavy atom. The second kappa shape index (κ2) is 9.13. The van der Waals surface area contributed by atoms with E-state index < -0.39 is 11.6 Å². The van der Waals surface area contributed by atoms with Crippen LogP contribution < -0.4 is 5.32 Å². The molecule has 5 heteroatoms. The van der Waals surface area contributed by atoms with Gasteiger partial charge in [0.05, 0.1) is 5.54 Å². The largest absolute Gasteiger partial charge is 0.445 e. The second-order valence-electron chi connectivity index (χ2n) is 5.72. The molecule has 0 aliphatic rings. The summed E-state index contributed by atoms with van der Waals surface area (Å²) in [5.41, 5.74) is 0.263. The van der Waals surface area contributed by atoms with Gasteiger partial charge in [0.25, 0.3) is 0 Å².